The number of hydrogen-bond acceptors (Lipinski definition) is 4. The van der Waals surface area contributed by atoms with Crippen LogP contribution in [0.3, 0.4) is 0 Å². The first-order valence-corrected chi connectivity index (χ1v) is 9.96. The van der Waals surface area contributed by atoms with Crippen molar-refractivity contribution in [3.63, 3.8) is 0 Å². The summed E-state index contributed by atoms with van der Waals surface area (Å²) in [7, 11) is 0. The van der Waals surface area contributed by atoms with Crippen molar-refractivity contribution >= 4 is 11.7 Å². The van der Waals surface area contributed by atoms with E-state index in [1.165, 1.54) is 11.1 Å². The van der Waals surface area contributed by atoms with Gasteiger partial charge in [0.2, 0.25) is 5.91 Å². The molecular weight excluding hydrogens is 350 g/mol. The molecule has 2 aromatic rings. The normalized spacial score (nSPS) is 19.7. The summed E-state index contributed by atoms with van der Waals surface area (Å²) in [6.45, 7) is 5.63. The van der Waals surface area contributed by atoms with Gasteiger partial charge in [0.15, 0.2) is 5.78 Å². The molecule has 28 heavy (non-hydrogen) atoms. The Morgan fingerprint density at radius 2 is 1.61 bits per heavy atom. The first kappa shape index (κ1) is 18.8. The van der Waals surface area contributed by atoms with E-state index in [4.69, 9.17) is 0 Å². The summed E-state index contributed by atoms with van der Waals surface area (Å²) >= 11 is 0. The summed E-state index contributed by atoms with van der Waals surface area (Å²) in [4.78, 5) is 28.4. The average Bonchev–Trinajstić information content (AvgIpc) is 2.99. The van der Waals surface area contributed by atoms with Gasteiger partial charge in [-0.05, 0) is 30.9 Å². The lowest BCUT2D eigenvalue weighted by molar-refractivity contribution is -0.119. The zero-order chi connectivity index (χ0) is 19.6. The second-order valence-corrected chi connectivity index (χ2v) is 7.95. The van der Waals surface area contributed by atoms with Crippen molar-refractivity contribution in [3.05, 3.63) is 71.3 Å². The molecule has 1 amide bonds. The molecule has 146 valence electrons. The molecule has 2 aliphatic rings. The summed E-state index contributed by atoms with van der Waals surface area (Å²) in [5.41, 5.74) is 3.00. The van der Waals surface area contributed by atoms with Crippen LogP contribution >= 0.6 is 0 Å². The predicted octanol–water partition coefficient (Wildman–Crippen LogP) is 2.81. The number of carbonyl (C=O) groups is 2. The van der Waals surface area contributed by atoms with Gasteiger partial charge in [0.25, 0.3) is 0 Å². The van der Waals surface area contributed by atoms with E-state index in [1.807, 2.05) is 42.5 Å². The van der Waals surface area contributed by atoms with Gasteiger partial charge in [-0.15, -0.1) is 0 Å². The van der Waals surface area contributed by atoms with Crippen LogP contribution in [0, 0.1) is 0 Å². The fourth-order valence-corrected chi connectivity index (χ4v) is 4.34. The van der Waals surface area contributed by atoms with Gasteiger partial charge in [-0.3, -0.25) is 19.4 Å². The first-order valence-electron chi connectivity index (χ1n) is 9.96. The summed E-state index contributed by atoms with van der Waals surface area (Å²) in [5.74, 6) is 0.228. The van der Waals surface area contributed by atoms with E-state index in [1.54, 1.807) is 6.92 Å². The van der Waals surface area contributed by atoms with Crippen molar-refractivity contribution in [1.82, 2.24) is 15.1 Å². The van der Waals surface area contributed by atoms with Crippen LogP contribution in [0.5, 0.6) is 0 Å². The standard InChI is InChI=1S/C23H27N3O2/c1-18(27)21-9-7-20(8-10-21)15-25-13-11-23(12-14-25)24-22(28)17-26(23)16-19-5-3-2-4-6-19/h2-10H,11-17H2,1H3,(H,24,28). The van der Waals surface area contributed by atoms with Crippen LogP contribution in [-0.4, -0.2) is 46.8 Å². The highest BCUT2D eigenvalue weighted by Gasteiger charge is 2.46. The zero-order valence-electron chi connectivity index (χ0n) is 16.4. The Hall–Kier alpha value is -2.50. The number of nitrogens with zero attached hydrogens (tertiary/aromatic N) is 2. The molecule has 2 aromatic carbocycles. The topological polar surface area (TPSA) is 52.7 Å². The molecule has 0 radical (unpaired) electrons. The third-order valence-corrected chi connectivity index (χ3v) is 5.98. The van der Waals surface area contributed by atoms with Crippen molar-refractivity contribution in [2.24, 2.45) is 0 Å². The molecule has 1 N–H and O–H groups in total. The third-order valence-electron chi connectivity index (χ3n) is 5.98. The number of ketones is 1. The molecule has 2 heterocycles. The quantitative estimate of drug-likeness (QED) is 0.814. The lowest BCUT2D eigenvalue weighted by Gasteiger charge is -2.44. The Morgan fingerprint density at radius 1 is 0.964 bits per heavy atom. The molecule has 0 aliphatic carbocycles. The zero-order valence-corrected chi connectivity index (χ0v) is 16.4. The Kier molecular flexibility index (Phi) is 5.29. The molecule has 0 saturated carbocycles. The fourth-order valence-electron chi connectivity index (χ4n) is 4.34. The maximum atomic E-state index is 12.2. The molecule has 5 nitrogen and oxygen atoms in total. The van der Waals surface area contributed by atoms with Crippen LogP contribution in [0.25, 0.3) is 0 Å². The minimum atomic E-state index is -0.220. The largest absolute Gasteiger partial charge is 0.337 e. The number of hydrogen-bond donors (Lipinski definition) is 1. The summed E-state index contributed by atoms with van der Waals surface area (Å²) in [5, 5.41) is 3.27. The third kappa shape index (κ3) is 4.01. The van der Waals surface area contributed by atoms with Crippen molar-refractivity contribution in [3.8, 4) is 0 Å². The molecule has 2 saturated heterocycles. The van der Waals surface area contributed by atoms with Gasteiger partial charge in [0.05, 0.1) is 12.2 Å². The lowest BCUT2D eigenvalue weighted by Crippen LogP contribution is -2.57. The predicted molar refractivity (Wildman–Crippen MR) is 109 cm³/mol. The van der Waals surface area contributed by atoms with Crippen molar-refractivity contribution < 1.29 is 9.59 Å². The average molecular weight is 377 g/mol. The van der Waals surface area contributed by atoms with Gasteiger partial charge >= 0.3 is 0 Å². The number of Topliss-reactive ketones (excluding diaryl/α,β-unsaturated/α-hetero) is 1. The van der Waals surface area contributed by atoms with Crippen molar-refractivity contribution in [2.45, 2.75) is 38.5 Å². The van der Waals surface area contributed by atoms with Gasteiger partial charge < -0.3 is 5.32 Å². The molecule has 2 aliphatic heterocycles. The second kappa shape index (κ2) is 7.86. The summed E-state index contributed by atoms with van der Waals surface area (Å²) in [6, 6.07) is 18.3. The molecule has 1 spiro atoms. The van der Waals surface area contributed by atoms with Crippen molar-refractivity contribution in [1.29, 1.82) is 0 Å². The lowest BCUT2D eigenvalue weighted by atomic mass is 9.95. The van der Waals surface area contributed by atoms with Gasteiger partial charge in [-0.2, -0.15) is 0 Å². The molecule has 5 heteroatoms. The fraction of sp³-hybridized carbons (Fsp3) is 0.391. The summed E-state index contributed by atoms with van der Waals surface area (Å²) < 4.78 is 0. The second-order valence-electron chi connectivity index (χ2n) is 7.95. The molecule has 0 aromatic heterocycles. The Labute approximate surface area is 166 Å². The van der Waals surface area contributed by atoms with Gasteiger partial charge in [-0.1, -0.05) is 54.6 Å². The van der Waals surface area contributed by atoms with Crippen LogP contribution in [0.2, 0.25) is 0 Å². The van der Waals surface area contributed by atoms with E-state index in [9.17, 15) is 9.59 Å². The number of amides is 1. The highest BCUT2D eigenvalue weighted by Crippen LogP contribution is 2.32. The van der Waals surface area contributed by atoms with Crippen LogP contribution in [0.15, 0.2) is 54.6 Å². The van der Waals surface area contributed by atoms with E-state index in [0.29, 0.717) is 6.54 Å². The van der Waals surface area contributed by atoms with Gasteiger partial charge in [0.1, 0.15) is 0 Å². The SMILES string of the molecule is CC(=O)c1ccc(CN2CCC3(CC2)NC(=O)CN3Cc2ccccc2)cc1. The molecular formula is C23H27N3O2. The number of piperidine rings is 1. The number of nitrogens with one attached hydrogen (secondary N) is 1. The minimum Gasteiger partial charge on any atom is -0.337 e. The van der Waals surface area contributed by atoms with Gasteiger partial charge in [-0.25, -0.2) is 0 Å². The van der Waals surface area contributed by atoms with E-state index >= 15 is 0 Å². The molecule has 2 fully saturated rings. The highest BCUT2D eigenvalue weighted by atomic mass is 16.2. The van der Waals surface area contributed by atoms with Crippen LogP contribution in [0.4, 0.5) is 0 Å². The van der Waals surface area contributed by atoms with Gasteiger partial charge in [0, 0.05) is 31.7 Å². The Bertz CT molecular complexity index is 840. The number of benzene rings is 2. The maximum absolute atomic E-state index is 12.2. The molecule has 0 bridgehead atoms. The van der Waals surface area contributed by atoms with E-state index in [0.717, 1.165) is 44.6 Å². The number of likely N-dealkylation sites (tertiary alicyclic amines) is 1. The van der Waals surface area contributed by atoms with Crippen LogP contribution in [-0.2, 0) is 17.9 Å². The smallest absolute Gasteiger partial charge is 0.235 e. The molecule has 4 rings (SSSR count). The summed E-state index contributed by atoms with van der Waals surface area (Å²) in [6.07, 6.45) is 1.86. The van der Waals surface area contributed by atoms with Crippen LogP contribution in [0.1, 0.15) is 41.3 Å². The highest BCUT2D eigenvalue weighted by molar-refractivity contribution is 5.94. The Balaban J connectivity index is 1.38. The van der Waals surface area contributed by atoms with Crippen LogP contribution < -0.4 is 5.32 Å². The van der Waals surface area contributed by atoms with E-state index < -0.39 is 0 Å². The monoisotopic (exact) mass is 377 g/mol. The number of rotatable bonds is 5. The first-order chi connectivity index (χ1) is 13.5. The molecule has 0 atom stereocenters. The minimum absolute atomic E-state index is 0.0990. The van der Waals surface area contributed by atoms with E-state index in [-0.39, 0.29) is 17.4 Å². The van der Waals surface area contributed by atoms with E-state index in [2.05, 4.69) is 27.2 Å². The number of carbonyl (C=O) groups excluding carboxylic acids is 2. The Morgan fingerprint density at radius 3 is 2.25 bits per heavy atom. The molecule has 0 unspecified atom stereocenters. The maximum Gasteiger partial charge on any atom is 0.235 e. The van der Waals surface area contributed by atoms with Crippen molar-refractivity contribution in [2.75, 3.05) is 19.6 Å².